The molecular weight excluding hydrogens is 399 g/mol. The van der Waals surface area contributed by atoms with E-state index in [9.17, 15) is 22.8 Å². The maximum Gasteiger partial charge on any atom is 0.418 e. The zero-order valence-electron chi connectivity index (χ0n) is 16.8. The van der Waals surface area contributed by atoms with Crippen LogP contribution >= 0.6 is 0 Å². The molecule has 0 saturated carbocycles. The van der Waals surface area contributed by atoms with Crippen LogP contribution in [0, 0.1) is 0 Å². The first-order valence-corrected chi connectivity index (χ1v) is 9.44. The smallest absolute Gasteiger partial charge is 0.418 e. The molecule has 2 N–H and O–H groups in total. The molecule has 2 amide bonds. The number of carbonyl (C=O) groups is 2. The fourth-order valence-electron chi connectivity index (χ4n) is 2.76. The van der Waals surface area contributed by atoms with Crippen molar-refractivity contribution in [2.24, 2.45) is 0 Å². The van der Waals surface area contributed by atoms with Gasteiger partial charge in [-0.25, -0.2) is 0 Å². The Balaban J connectivity index is 1.98. The van der Waals surface area contributed by atoms with E-state index in [2.05, 4.69) is 10.6 Å². The standard InChI is InChI=1S/C21H24F3N3O3/c1-3-27(14-20(29)26-17-11-7-8-12-18(17)30-4-2)13-19(28)25-16-10-6-5-9-15(16)21(22,23)24/h5-12H,3-4,13-14H2,1-2H3,(H,25,28)(H,26,29). The molecule has 0 aromatic heterocycles. The van der Waals surface area contributed by atoms with Gasteiger partial charge in [0, 0.05) is 0 Å². The molecule has 0 bridgehead atoms. The Morgan fingerprint density at radius 1 is 0.900 bits per heavy atom. The monoisotopic (exact) mass is 423 g/mol. The van der Waals surface area contributed by atoms with E-state index in [1.165, 1.54) is 23.1 Å². The molecular formula is C21H24F3N3O3. The molecule has 0 saturated heterocycles. The van der Waals surface area contributed by atoms with Crippen molar-refractivity contribution >= 4 is 23.2 Å². The van der Waals surface area contributed by atoms with Crippen LogP contribution in [0.25, 0.3) is 0 Å². The number of halogens is 3. The van der Waals surface area contributed by atoms with Gasteiger partial charge in [0.25, 0.3) is 0 Å². The second kappa shape index (κ2) is 10.6. The highest BCUT2D eigenvalue weighted by Crippen LogP contribution is 2.34. The van der Waals surface area contributed by atoms with Crippen molar-refractivity contribution in [2.75, 3.05) is 36.9 Å². The van der Waals surface area contributed by atoms with Gasteiger partial charge in [0.1, 0.15) is 5.75 Å². The van der Waals surface area contributed by atoms with Crippen molar-refractivity contribution < 1.29 is 27.5 Å². The van der Waals surface area contributed by atoms with Crippen molar-refractivity contribution in [3.05, 3.63) is 54.1 Å². The highest BCUT2D eigenvalue weighted by molar-refractivity contribution is 5.95. The van der Waals surface area contributed by atoms with E-state index in [-0.39, 0.29) is 24.7 Å². The molecule has 30 heavy (non-hydrogen) atoms. The third-order valence-electron chi connectivity index (χ3n) is 4.15. The summed E-state index contributed by atoms with van der Waals surface area (Å²) < 4.78 is 44.7. The average molecular weight is 423 g/mol. The first-order chi connectivity index (χ1) is 14.2. The van der Waals surface area contributed by atoms with Crippen LogP contribution in [0.3, 0.4) is 0 Å². The van der Waals surface area contributed by atoms with E-state index in [4.69, 9.17) is 4.74 Å². The number of benzene rings is 2. The van der Waals surface area contributed by atoms with E-state index >= 15 is 0 Å². The molecule has 0 spiro atoms. The molecule has 0 heterocycles. The number of carbonyl (C=O) groups excluding carboxylic acids is 2. The highest BCUT2D eigenvalue weighted by atomic mass is 19.4. The predicted octanol–water partition coefficient (Wildman–Crippen LogP) is 4.00. The molecule has 6 nitrogen and oxygen atoms in total. The van der Waals surface area contributed by atoms with E-state index in [1.54, 1.807) is 31.2 Å². The van der Waals surface area contributed by atoms with Crippen LogP contribution < -0.4 is 15.4 Å². The second-order valence-corrected chi connectivity index (χ2v) is 6.37. The average Bonchev–Trinajstić information content (AvgIpc) is 2.68. The van der Waals surface area contributed by atoms with Crippen LogP contribution in [0.2, 0.25) is 0 Å². The van der Waals surface area contributed by atoms with Gasteiger partial charge >= 0.3 is 6.18 Å². The summed E-state index contributed by atoms with van der Waals surface area (Å²) in [6.45, 7) is 4.03. The molecule has 2 rings (SSSR count). The number of hydrogen-bond donors (Lipinski definition) is 2. The molecule has 2 aromatic carbocycles. The molecule has 2 aromatic rings. The summed E-state index contributed by atoms with van der Waals surface area (Å²) in [6, 6.07) is 11.7. The lowest BCUT2D eigenvalue weighted by molar-refractivity contribution is -0.137. The highest BCUT2D eigenvalue weighted by Gasteiger charge is 2.33. The summed E-state index contributed by atoms with van der Waals surface area (Å²) in [5.41, 5.74) is -0.739. The zero-order valence-corrected chi connectivity index (χ0v) is 16.8. The van der Waals surface area contributed by atoms with Crippen molar-refractivity contribution in [1.82, 2.24) is 4.90 Å². The van der Waals surface area contributed by atoms with Gasteiger partial charge in [-0.3, -0.25) is 14.5 Å². The second-order valence-electron chi connectivity index (χ2n) is 6.37. The van der Waals surface area contributed by atoms with Crippen LogP contribution in [0.4, 0.5) is 24.5 Å². The van der Waals surface area contributed by atoms with E-state index in [0.717, 1.165) is 6.07 Å². The lowest BCUT2D eigenvalue weighted by Crippen LogP contribution is -2.38. The molecule has 9 heteroatoms. The van der Waals surface area contributed by atoms with Crippen LogP contribution in [-0.2, 0) is 15.8 Å². The summed E-state index contributed by atoms with van der Waals surface area (Å²) in [4.78, 5) is 26.2. The summed E-state index contributed by atoms with van der Waals surface area (Å²) in [7, 11) is 0. The lowest BCUT2D eigenvalue weighted by atomic mass is 10.1. The van der Waals surface area contributed by atoms with Gasteiger partial charge < -0.3 is 15.4 Å². The molecule has 0 aliphatic carbocycles. The molecule has 0 atom stereocenters. The Bertz CT molecular complexity index is 872. The lowest BCUT2D eigenvalue weighted by Gasteiger charge is -2.20. The third kappa shape index (κ3) is 6.77. The van der Waals surface area contributed by atoms with Crippen LogP contribution in [0.1, 0.15) is 19.4 Å². The van der Waals surface area contributed by atoms with Gasteiger partial charge in [-0.2, -0.15) is 13.2 Å². The number of nitrogens with zero attached hydrogens (tertiary/aromatic N) is 1. The minimum atomic E-state index is -4.58. The van der Waals surface area contributed by atoms with Crippen molar-refractivity contribution in [1.29, 1.82) is 0 Å². The molecule has 0 aliphatic rings. The minimum Gasteiger partial charge on any atom is -0.492 e. The third-order valence-corrected chi connectivity index (χ3v) is 4.15. The Morgan fingerprint density at radius 3 is 2.00 bits per heavy atom. The molecule has 0 unspecified atom stereocenters. The number of rotatable bonds is 9. The number of ether oxygens (including phenoxy) is 1. The topological polar surface area (TPSA) is 70.7 Å². The van der Waals surface area contributed by atoms with Gasteiger partial charge in [0.15, 0.2) is 0 Å². The molecule has 0 aliphatic heterocycles. The Labute approximate surface area is 173 Å². The molecule has 162 valence electrons. The van der Waals surface area contributed by atoms with Crippen molar-refractivity contribution in [3.63, 3.8) is 0 Å². The number of likely N-dealkylation sites (N-methyl/N-ethyl adjacent to an activating group) is 1. The summed E-state index contributed by atoms with van der Waals surface area (Å²) in [5, 5.41) is 5.00. The Kier molecular flexibility index (Phi) is 8.23. The minimum absolute atomic E-state index is 0.106. The van der Waals surface area contributed by atoms with Gasteiger partial charge in [-0.15, -0.1) is 0 Å². The first kappa shape index (κ1) is 23.2. The predicted molar refractivity (Wildman–Crippen MR) is 108 cm³/mol. The van der Waals surface area contributed by atoms with Crippen LogP contribution in [0.15, 0.2) is 48.5 Å². The van der Waals surface area contributed by atoms with Crippen molar-refractivity contribution in [3.8, 4) is 5.75 Å². The number of hydrogen-bond acceptors (Lipinski definition) is 4. The van der Waals surface area contributed by atoms with Crippen LogP contribution in [0.5, 0.6) is 5.75 Å². The van der Waals surface area contributed by atoms with E-state index in [1.807, 2.05) is 6.92 Å². The van der Waals surface area contributed by atoms with Gasteiger partial charge in [-0.1, -0.05) is 31.2 Å². The number of amides is 2. The largest absolute Gasteiger partial charge is 0.492 e. The number of nitrogens with one attached hydrogen (secondary N) is 2. The fraction of sp³-hybridized carbons (Fsp3) is 0.333. The maximum atomic E-state index is 13.1. The van der Waals surface area contributed by atoms with E-state index < -0.39 is 17.6 Å². The summed E-state index contributed by atoms with van der Waals surface area (Å²) in [5.74, 6) is -0.485. The number of alkyl halides is 3. The zero-order chi connectivity index (χ0) is 22.1. The Hall–Kier alpha value is -3.07. The van der Waals surface area contributed by atoms with Crippen molar-refractivity contribution in [2.45, 2.75) is 20.0 Å². The summed E-state index contributed by atoms with van der Waals surface area (Å²) in [6.07, 6.45) is -4.58. The Morgan fingerprint density at radius 2 is 1.43 bits per heavy atom. The number of para-hydroxylation sites is 3. The normalized spacial score (nSPS) is 11.3. The van der Waals surface area contributed by atoms with Gasteiger partial charge in [0.2, 0.25) is 11.8 Å². The van der Waals surface area contributed by atoms with Gasteiger partial charge in [0.05, 0.1) is 36.6 Å². The molecule has 0 fully saturated rings. The SMILES string of the molecule is CCOc1ccccc1NC(=O)CN(CC)CC(=O)Nc1ccccc1C(F)(F)F. The first-order valence-electron chi connectivity index (χ1n) is 9.44. The maximum absolute atomic E-state index is 13.1. The quantitative estimate of drug-likeness (QED) is 0.640. The van der Waals surface area contributed by atoms with Crippen LogP contribution in [-0.4, -0.2) is 43.0 Å². The summed E-state index contributed by atoms with van der Waals surface area (Å²) >= 11 is 0. The van der Waals surface area contributed by atoms with E-state index in [0.29, 0.717) is 24.6 Å². The molecule has 0 radical (unpaired) electrons. The fourth-order valence-corrected chi connectivity index (χ4v) is 2.76. The number of anilines is 2. The van der Waals surface area contributed by atoms with Gasteiger partial charge in [-0.05, 0) is 37.7 Å².